The van der Waals surface area contributed by atoms with Gasteiger partial charge in [0.1, 0.15) is 13.2 Å². The minimum absolute atomic E-state index is 0.152. The standard InChI is InChI=1S/C11H16N4O5/c1-7(2)15-4-8(3-12-15)13-11(19)14-9(16)5-20-6-10(17)18/h3-4,7H,5-6H2,1-2H3,(H,17,18)(H2,13,14,16,19). The van der Waals surface area contributed by atoms with Crippen LogP contribution in [0.1, 0.15) is 19.9 Å². The molecule has 0 saturated heterocycles. The number of aromatic nitrogens is 2. The molecule has 0 atom stereocenters. The molecule has 9 heteroatoms. The maximum absolute atomic E-state index is 11.4. The third-order valence-electron chi connectivity index (χ3n) is 2.10. The van der Waals surface area contributed by atoms with Crippen molar-refractivity contribution in [1.82, 2.24) is 15.1 Å². The third-order valence-corrected chi connectivity index (χ3v) is 2.10. The Morgan fingerprint density at radius 3 is 2.65 bits per heavy atom. The van der Waals surface area contributed by atoms with E-state index in [-0.39, 0.29) is 6.04 Å². The molecule has 0 aliphatic heterocycles. The van der Waals surface area contributed by atoms with E-state index in [1.807, 2.05) is 19.2 Å². The van der Waals surface area contributed by atoms with E-state index in [1.165, 1.54) is 6.20 Å². The SMILES string of the molecule is CC(C)n1cc(NC(=O)NC(=O)COCC(=O)O)cn1. The number of imide groups is 1. The van der Waals surface area contributed by atoms with E-state index < -0.39 is 31.1 Å². The normalized spacial score (nSPS) is 10.3. The maximum Gasteiger partial charge on any atom is 0.329 e. The van der Waals surface area contributed by atoms with Crippen molar-refractivity contribution in [2.24, 2.45) is 0 Å². The van der Waals surface area contributed by atoms with Crippen LogP contribution in [0.4, 0.5) is 10.5 Å². The van der Waals surface area contributed by atoms with Gasteiger partial charge in [-0.05, 0) is 13.8 Å². The van der Waals surface area contributed by atoms with Crippen LogP contribution in [0.15, 0.2) is 12.4 Å². The van der Waals surface area contributed by atoms with Crippen LogP contribution in [0.2, 0.25) is 0 Å². The zero-order chi connectivity index (χ0) is 15.1. The quantitative estimate of drug-likeness (QED) is 0.686. The summed E-state index contributed by atoms with van der Waals surface area (Å²) in [4.78, 5) is 32.8. The molecular formula is C11H16N4O5. The molecule has 1 aromatic heterocycles. The van der Waals surface area contributed by atoms with E-state index in [2.05, 4.69) is 15.2 Å². The Labute approximate surface area is 114 Å². The van der Waals surface area contributed by atoms with Crippen molar-refractivity contribution in [3.8, 4) is 0 Å². The van der Waals surface area contributed by atoms with Gasteiger partial charge in [-0.25, -0.2) is 9.59 Å². The number of rotatable bonds is 6. The summed E-state index contributed by atoms with van der Waals surface area (Å²) in [7, 11) is 0. The van der Waals surface area contributed by atoms with Gasteiger partial charge in [0.25, 0.3) is 5.91 Å². The number of carboxylic acids is 1. The third kappa shape index (κ3) is 5.48. The fourth-order valence-electron chi connectivity index (χ4n) is 1.24. The number of hydrogen-bond acceptors (Lipinski definition) is 5. The molecule has 0 aliphatic rings. The fraction of sp³-hybridized carbons (Fsp3) is 0.455. The van der Waals surface area contributed by atoms with Gasteiger partial charge in [0, 0.05) is 12.2 Å². The van der Waals surface area contributed by atoms with Crippen LogP contribution < -0.4 is 10.6 Å². The fourth-order valence-corrected chi connectivity index (χ4v) is 1.24. The summed E-state index contributed by atoms with van der Waals surface area (Å²) in [5.74, 6) is -1.93. The van der Waals surface area contributed by atoms with Crippen molar-refractivity contribution in [1.29, 1.82) is 0 Å². The monoisotopic (exact) mass is 284 g/mol. The smallest absolute Gasteiger partial charge is 0.329 e. The Kier molecular flexibility index (Phi) is 5.66. The highest BCUT2D eigenvalue weighted by Crippen LogP contribution is 2.09. The van der Waals surface area contributed by atoms with E-state index in [4.69, 9.17) is 5.11 Å². The predicted molar refractivity (Wildman–Crippen MR) is 68.2 cm³/mol. The molecule has 110 valence electrons. The number of ether oxygens (including phenoxy) is 1. The Bertz CT molecular complexity index is 497. The van der Waals surface area contributed by atoms with Crippen molar-refractivity contribution >= 4 is 23.6 Å². The van der Waals surface area contributed by atoms with Gasteiger partial charge in [0.2, 0.25) is 0 Å². The number of anilines is 1. The average Bonchev–Trinajstić information content (AvgIpc) is 2.76. The van der Waals surface area contributed by atoms with Crippen LogP contribution in [0.3, 0.4) is 0 Å². The van der Waals surface area contributed by atoms with E-state index in [1.54, 1.807) is 10.9 Å². The lowest BCUT2D eigenvalue weighted by Gasteiger charge is -2.05. The van der Waals surface area contributed by atoms with Gasteiger partial charge in [-0.3, -0.25) is 14.8 Å². The number of hydrogen-bond donors (Lipinski definition) is 3. The first-order valence-corrected chi connectivity index (χ1v) is 5.83. The summed E-state index contributed by atoms with van der Waals surface area (Å²) < 4.78 is 6.18. The molecule has 0 bridgehead atoms. The second-order valence-corrected chi connectivity index (χ2v) is 4.19. The predicted octanol–water partition coefficient (Wildman–Crippen LogP) is 0.213. The van der Waals surface area contributed by atoms with Gasteiger partial charge in [-0.2, -0.15) is 5.10 Å². The Balaban J connectivity index is 2.35. The number of nitrogens with zero attached hydrogens (tertiary/aromatic N) is 2. The Hall–Kier alpha value is -2.42. The summed E-state index contributed by atoms with van der Waals surface area (Å²) in [5.41, 5.74) is 0.440. The number of carbonyl (C=O) groups is 3. The molecule has 9 nitrogen and oxygen atoms in total. The molecule has 0 aliphatic carbocycles. The number of carbonyl (C=O) groups excluding carboxylic acids is 2. The number of aliphatic carboxylic acids is 1. The van der Waals surface area contributed by atoms with E-state index in [9.17, 15) is 14.4 Å². The van der Waals surface area contributed by atoms with E-state index in [0.29, 0.717) is 5.69 Å². The van der Waals surface area contributed by atoms with Gasteiger partial charge >= 0.3 is 12.0 Å². The maximum atomic E-state index is 11.4. The number of carboxylic acid groups (broad SMARTS) is 1. The van der Waals surface area contributed by atoms with Gasteiger partial charge in [-0.1, -0.05) is 0 Å². The van der Waals surface area contributed by atoms with Gasteiger partial charge in [0.05, 0.1) is 11.9 Å². The van der Waals surface area contributed by atoms with Crippen LogP contribution in [0.25, 0.3) is 0 Å². The molecule has 0 radical (unpaired) electrons. The molecule has 1 heterocycles. The van der Waals surface area contributed by atoms with Crippen molar-refractivity contribution in [2.75, 3.05) is 18.5 Å². The van der Waals surface area contributed by atoms with Crippen LogP contribution in [-0.2, 0) is 14.3 Å². The van der Waals surface area contributed by atoms with Crippen LogP contribution in [0.5, 0.6) is 0 Å². The topological polar surface area (TPSA) is 123 Å². The second-order valence-electron chi connectivity index (χ2n) is 4.19. The lowest BCUT2D eigenvalue weighted by Crippen LogP contribution is -2.37. The number of amides is 3. The highest BCUT2D eigenvalue weighted by molar-refractivity contribution is 6.01. The molecule has 3 N–H and O–H groups in total. The number of urea groups is 1. The average molecular weight is 284 g/mol. The summed E-state index contributed by atoms with van der Waals surface area (Å²) in [6.45, 7) is 2.75. The van der Waals surface area contributed by atoms with Gasteiger partial charge < -0.3 is 15.2 Å². The van der Waals surface area contributed by atoms with Crippen molar-refractivity contribution in [3.05, 3.63) is 12.4 Å². The Morgan fingerprint density at radius 1 is 1.40 bits per heavy atom. The molecule has 0 aromatic carbocycles. The summed E-state index contributed by atoms with van der Waals surface area (Å²) in [6.07, 6.45) is 3.07. The first-order valence-electron chi connectivity index (χ1n) is 5.83. The molecule has 0 saturated carbocycles. The highest BCUT2D eigenvalue weighted by Gasteiger charge is 2.10. The first-order chi connectivity index (χ1) is 9.38. The van der Waals surface area contributed by atoms with Crippen LogP contribution >= 0.6 is 0 Å². The first kappa shape index (κ1) is 15.6. The molecule has 1 rings (SSSR count). The zero-order valence-electron chi connectivity index (χ0n) is 11.1. The molecule has 0 fully saturated rings. The molecule has 3 amide bonds. The minimum Gasteiger partial charge on any atom is -0.480 e. The number of nitrogens with one attached hydrogen (secondary N) is 2. The van der Waals surface area contributed by atoms with E-state index >= 15 is 0 Å². The largest absolute Gasteiger partial charge is 0.480 e. The molecular weight excluding hydrogens is 268 g/mol. The molecule has 0 spiro atoms. The van der Waals surface area contributed by atoms with Gasteiger partial charge in [0.15, 0.2) is 0 Å². The minimum atomic E-state index is -1.19. The van der Waals surface area contributed by atoms with Crippen LogP contribution in [-0.4, -0.2) is 46.0 Å². The lowest BCUT2D eigenvalue weighted by atomic mass is 10.4. The summed E-state index contributed by atoms with van der Waals surface area (Å²) in [5, 5.41) is 16.7. The van der Waals surface area contributed by atoms with Crippen molar-refractivity contribution in [3.63, 3.8) is 0 Å². The molecule has 0 unspecified atom stereocenters. The van der Waals surface area contributed by atoms with Crippen LogP contribution in [0, 0.1) is 0 Å². The molecule has 20 heavy (non-hydrogen) atoms. The Morgan fingerprint density at radius 2 is 2.10 bits per heavy atom. The zero-order valence-corrected chi connectivity index (χ0v) is 11.1. The summed E-state index contributed by atoms with van der Waals surface area (Å²) >= 11 is 0. The van der Waals surface area contributed by atoms with Crippen molar-refractivity contribution < 1.29 is 24.2 Å². The van der Waals surface area contributed by atoms with Gasteiger partial charge in [-0.15, -0.1) is 0 Å². The molecule has 1 aromatic rings. The lowest BCUT2D eigenvalue weighted by molar-refractivity contribution is -0.143. The van der Waals surface area contributed by atoms with Crippen molar-refractivity contribution in [2.45, 2.75) is 19.9 Å². The highest BCUT2D eigenvalue weighted by atomic mass is 16.5. The summed E-state index contributed by atoms with van der Waals surface area (Å²) in [6, 6.07) is -0.586. The van der Waals surface area contributed by atoms with E-state index in [0.717, 1.165) is 0 Å². The second kappa shape index (κ2) is 7.24.